The molecule has 2 aromatic carbocycles. The van der Waals surface area contributed by atoms with Gasteiger partial charge in [-0.15, -0.1) is 0 Å². The number of hydrogen-bond donors (Lipinski definition) is 1. The molecule has 4 rings (SSSR count). The van der Waals surface area contributed by atoms with Crippen LogP contribution in [0.3, 0.4) is 0 Å². The number of carbonyl (C=O) groups is 1. The van der Waals surface area contributed by atoms with Crippen LogP contribution in [0.1, 0.15) is 45.9 Å². The van der Waals surface area contributed by atoms with E-state index in [1.54, 1.807) is 30.3 Å². The zero-order valence-electron chi connectivity index (χ0n) is 25.6. The highest BCUT2D eigenvalue weighted by Gasteiger charge is 2.43. The van der Waals surface area contributed by atoms with Crippen LogP contribution in [-0.4, -0.2) is 73.7 Å². The topological polar surface area (TPSA) is 152 Å². The van der Waals surface area contributed by atoms with Gasteiger partial charge in [0.05, 0.1) is 30.1 Å². The van der Waals surface area contributed by atoms with Crippen LogP contribution in [0.5, 0.6) is 5.75 Å². The summed E-state index contributed by atoms with van der Waals surface area (Å²) in [5.74, 6) is -2.94. The Morgan fingerprint density at radius 2 is 1.91 bits per heavy atom. The number of nitriles is 1. The molecule has 2 heterocycles. The Labute approximate surface area is 263 Å². The minimum absolute atomic E-state index is 0.0951. The monoisotopic (exact) mass is 656 g/mol. The molecule has 14 heteroatoms. The number of rotatable bonds is 12. The zero-order chi connectivity index (χ0) is 32.9. The summed E-state index contributed by atoms with van der Waals surface area (Å²) in [5.41, 5.74) is -0.236. The average Bonchev–Trinajstić information content (AvgIpc) is 3.45. The van der Waals surface area contributed by atoms with Gasteiger partial charge in [0.25, 0.3) is 21.5 Å². The number of aromatic nitrogens is 2. The predicted molar refractivity (Wildman–Crippen MR) is 167 cm³/mol. The van der Waals surface area contributed by atoms with Gasteiger partial charge in [-0.2, -0.15) is 18.8 Å². The van der Waals surface area contributed by atoms with Gasteiger partial charge in [-0.05, 0) is 54.3 Å². The van der Waals surface area contributed by atoms with Crippen molar-refractivity contribution in [3.63, 3.8) is 0 Å². The summed E-state index contributed by atoms with van der Waals surface area (Å²) in [7, 11) is -5.49. The van der Waals surface area contributed by atoms with Crippen LogP contribution in [0.4, 0.5) is 4.39 Å². The highest BCUT2D eigenvalue weighted by molar-refractivity contribution is 7.86. The molecule has 0 saturated carbocycles. The van der Waals surface area contributed by atoms with Crippen LogP contribution in [0, 0.1) is 17.1 Å². The van der Waals surface area contributed by atoms with E-state index in [2.05, 4.69) is 24.7 Å². The van der Waals surface area contributed by atoms with Crippen LogP contribution < -0.4 is 5.43 Å². The van der Waals surface area contributed by atoms with Crippen molar-refractivity contribution in [2.75, 3.05) is 19.4 Å². The Bertz CT molecular complexity index is 1740. The Morgan fingerprint density at radius 3 is 2.53 bits per heavy atom. The molecule has 1 fully saturated rings. The number of benzene rings is 2. The summed E-state index contributed by atoms with van der Waals surface area (Å²) in [5, 5.41) is 23.9. The molecule has 240 valence electrons. The van der Waals surface area contributed by atoms with Crippen LogP contribution in [0.2, 0.25) is 25.7 Å². The molecule has 1 aliphatic heterocycles. The lowest BCUT2D eigenvalue weighted by atomic mass is 9.82. The van der Waals surface area contributed by atoms with Crippen molar-refractivity contribution in [2.24, 2.45) is 0 Å². The predicted octanol–water partition coefficient (Wildman–Crippen LogP) is 4.05. The summed E-state index contributed by atoms with van der Waals surface area (Å²) < 4.78 is 52.4. The van der Waals surface area contributed by atoms with Crippen molar-refractivity contribution < 1.29 is 31.6 Å². The second-order valence-corrected chi connectivity index (χ2v) is 19.5. The van der Waals surface area contributed by atoms with E-state index < -0.39 is 64.9 Å². The van der Waals surface area contributed by atoms with Gasteiger partial charge in [-0.3, -0.25) is 13.8 Å². The second kappa shape index (κ2) is 14.0. The summed E-state index contributed by atoms with van der Waals surface area (Å²) in [6.45, 7) is 7.10. The van der Waals surface area contributed by atoms with E-state index in [-0.39, 0.29) is 13.3 Å². The fourth-order valence-corrected chi connectivity index (χ4v) is 6.77. The van der Waals surface area contributed by atoms with Gasteiger partial charge < -0.3 is 14.7 Å². The van der Waals surface area contributed by atoms with Gasteiger partial charge in [0.1, 0.15) is 18.7 Å². The summed E-state index contributed by atoms with van der Waals surface area (Å²) in [6.07, 6.45) is 1.50. The van der Waals surface area contributed by atoms with Crippen LogP contribution >= 0.6 is 0 Å². The number of aromatic hydroxyl groups is 1. The second-order valence-electron chi connectivity index (χ2n) is 12.3. The van der Waals surface area contributed by atoms with Gasteiger partial charge in [0.2, 0.25) is 0 Å². The Kier molecular flexibility index (Phi) is 10.6. The largest absolute Gasteiger partial charge is 0.503 e. The molecule has 1 amide bonds. The number of amides is 1. The first-order valence-corrected chi connectivity index (χ1v) is 20.0. The van der Waals surface area contributed by atoms with Crippen molar-refractivity contribution in [1.29, 1.82) is 5.26 Å². The minimum atomic E-state index is -4.12. The number of halogens is 1. The standard InChI is InChI=1S/C31H37FN4O7SSi/c1-44(40,41)43-30(27(23-7-5-8-24(32)17-23)22-12-10-21(18-33)11-13-22)25-9-6-14-36(25)31(39)28-29(38)26(37)19-35(34-28)20-42-15-16-45(2,3)4/h5,7-8,10-13,17,19,25,27,30,37H,6,9,14-16,20H2,1-4H3/t25-,27-,30+/m1/s1. The van der Waals surface area contributed by atoms with Crippen molar-refractivity contribution >= 4 is 24.1 Å². The van der Waals surface area contributed by atoms with Gasteiger partial charge in [0.15, 0.2) is 11.4 Å². The molecular formula is C31H37FN4O7SSi. The van der Waals surface area contributed by atoms with E-state index in [9.17, 15) is 32.8 Å². The van der Waals surface area contributed by atoms with E-state index in [0.717, 1.165) is 18.5 Å². The van der Waals surface area contributed by atoms with E-state index in [1.807, 2.05) is 6.07 Å². The number of hydrogen-bond acceptors (Lipinski definition) is 9. The van der Waals surface area contributed by atoms with Gasteiger partial charge >= 0.3 is 0 Å². The third-order valence-corrected chi connectivity index (χ3v) is 9.81. The molecule has 1 aromatic heterocycles. The molecule has 45 heavy (non-hydrogen) atoms. The number of ether oxygens (including phenoxy) is 1. The van der Waals surface area contributed by atoms with Gasteiger partial charge in [-0.1, -0.05) is 43.9 Å². The highest BCUT2D eigenvalue weighted by atomic mass is 32.2. The Balaban J connectivity index is 1.74. The third-order valence-electron chi connectivity index (χ3n) is 7.53. The molecule has 0 spiro atoms. The smallest absolute Gasteiger partial charge is 0.278 e. The first-order valence-electron chi connectivity index (χ1n) is 14.5. The molecule has 1 aliphatic rings. The highest BCUT2D eigenvalue weighted by Crippen LogP contribution is 2.38. The molecule has 0 aliphatic carbocycles. The first kappa shape index (κ1) is 34.0. The lowest BCUT2D eigenvalue weighted by Gasteiger charge is -2.36. The van der Waals surface area contributed by atoms with Crippen molar-refractivity contribution in [2.45, 2.75) is 63.3 Å². The Hall–Kier alpha value is -3.90. The summed E-state index contributed by atoms with van der Waals surface area (Å²) in [6, 6.07) is 14.0. The number of nitrogens with zero attached hydrogens (tertiary/aromatic N) is 4. The molecule has 3 aromatic rings. The van der Waals surface area contributed by atoms with Crippen molar-refractivity contribution in [3.05, 3.63) is 93.2 Å². The SMILES string of the molecule is C[Si](C)(C)CCOCn1cc(O)c(=O)c(C(=O)N2CCC[C@@H]2[C@H](OS(C)(=O)=O)[C@H](c2ccc(C#N)cc2)c2cccc(F)c2)n1. The summed E-state index contributed by atoms with van der Waals surface area (Å²) >= 11 is 0. The van der Waals surface area contributed by atoms with Gasteiger partial charge in [-0.25, -0.2) is 9.07 Å². The maximum absolute atomic E-state index is 14.5. The normalized spacial score (nSPS) is 16.7. The van der Waals surface area contributed by atoms with E-state index >= 15 is 0 Å². The van der Waals surface area contributed by atoms with Crippen LogP contribution in [0.15, 0.2) is 59.5 Å². The Morgan fingerprint density at radius 1 is 1.20 bits per heavy atom. The van der Waals surface area contributed by atoms with Crippen molar-refractivity contribution in [3.8, 4) is 11.8 Å². The number of carbonyl (C=O) groups excluding carboxylic acids is 1. The fraction of sp³-hybridized carbons (Fsp3) is 0.419. The van der Waals surface area contributed by atoms with Crippen LogP contribution in [-0.2, 0) is 25.8 Å². The van der Waals surface area contributed by atoms with Gasteiger partial charge in [0, 0.05) is 27.1 Å². The van der Waals surface area contributed by atoms with E-state index in [1.165, 1.54) is 27.8 Å². The van der Waals surface area contributed by atoms with E-state index in [0.29, 0.717) is 36.1 Å². The molecular weight excluding hydrogens is 620 g/mol. The molecule has 3 atom stereocenters. The zero-order valence-corrected chi connectivity index (χ0v) is 27.5. The number of likely N-dealkylation sites (tertiary alicyclic amines) is 1. The molecule has 1 saturated heterocycles. The summed E-state index contributed by atoms with van der Waals surface area (Å²) in [4.78, 5) is 28.2. The maximum atomic E-state index is 14.5. The molecule has 0 radical (unpaired) electrons. The lowest BCUT2D eigenvalue weighted by Crippen LogP contribution is -2.48. The average molecular weight is 657 g/mol. The molecule has 11 nitrogen and oxygen atoms in total. The van der Waals surface area contributed by atoms with Crippen molar-refractivity contribution in [1.82, 2.24) is 14.7 Å². The molecule has 0 bridgehead atoms. The van der Waals surface area contributed by atoms with E-state index in [4.69, 9.17) is 8.92 Å². The lowest BCUT2D eigenvalue weighted by molar-refractivity contribution is 0.0514. The molecule has 1 N–H and O–H groups in total. The quantitative estimate of drug-likeness (QED) is 0.173. The maximum Gasteiger partial charge on any atom is 0.278 e. The van der Waals surface area contributed by atoms with Crippen LogP contribution in [0.25, 0.3) is 0 Å². The first-order chi connectivity index (χ1) is 21.2. The minimum Gasteiger partial charge on any atom is -0.503 e. The fourth-order valence-electron chi connectivity index (χ4n) is 5.37. The molecule has 0 unspecified atom stereocenters. The third kappa shape index (κ3) is 8.85.